The summed E-state index contributed by atoms with van der Waals surface area (Å²) in [4.78, 5) is 34.3. The number of para-hydroxylation sites is 1. The fourth-order valence-electron chi connectivity index (χ4n) is 1.61. The van der Waals surface area contributed by atoms with Crippen LogP contribution in [0.4, 0.5) is 4.79 Å². The van der Waals surface area contributed by atoms with Crippen molar-refractivity contribution in [2.75, 3.05) is 7.11 Å². The van der Waals surface area contributed by atoms with E-state index in [9.17, 15) is 14.4 Å². The van der Waals surface area contributed by atoms with Gasteiger partial charge in [0.15, 0.2) is 6.10 Å². The summed E-state index contributed by atoms with van der Waals surface area (Å²) in [6.45, 7) is 1.33. The maximum atomic E-state index is 11.9. The highest BCUT2D eigenvalue weighted by atomic mass is 16.6. The maximum Gasteiger partial charge on any atom is 0.413 e. The minimum absolute atomic E-state index is 0.0195. The topological polar surface area (TPSA) is 94.8 Å². The fourth-order valence-corrected chi connectivity index (χ4v) is 1.61. The zero-order valence-corrected chi connectivity index (χ0v) is 11.4. The molecule has 1 atom stereocenters. The normalized spacial score (nSPS) is 11.7. The van der Waals surface area contributed by atoms with E-state index < -0.39 is 24.1 Å². The van der Waals surface area contributed by atoms with Crippen molar-refractivity contribution in [2.24, 2.45) is 0 Å². The van der Waals surface area contributed by atoms with Gasteiger partial charge in [-0.2, -0.15) is 0 Å². The standard InChI is InChI=1S/C14H13NO6/c1-8(12(16)15-14(18)19-2)20-13(17)11-7-9-5-3-4-6-10(9)21-11/h3-8H,1-2H3,(H,15,16,18)/t8-/m0/s1. The Bertz CT molecular complexity index is 657. The average molecular weight is 291 g/mol. The number of carbonyl (C=O) groups is 3. The summed E-state index contributed by atoms with van der Waals surface area (Å²) in [6, 6.07) is 8.58. The van der Waals surface area contributed by atoms with Crippen molar-refractivity contribution in [3.8, 4) is 0 Å². The molecule has 0 aliphatic heterocycles. The summed E-state index contributed by atoms with van der Waals surface area (Å²) in [7, 11) is 1.12. The van der Waals surface area contributed by atoms with Crippen LogP contribution in [0.1, 0.15) is 17.5 Å². The van der Waals surface area contributed by atoms with Gasteiger partial charge in [-0.05, 0) is 19.1 Å². The summed E-state index contributed by atoms with van der Waals surface area (Å²) in [5.41, 5.74) is 0.538. The second-order valence-electron chi connectivity index (χ2n) is 4.18. The Kier molecular flexibility index (Phi) is 4.22. The number of hydrogen-bond acceptors (Lipinski definition) is 6. The number of methoxy groups -OCH3 is 1. The van der Waals surface area contributed by atoms with E-state index in [1.807, 2.05) is 5.32 Å². The molecule has 2 aromatic rings. The van der Waals surface area contributed by atoms with Crippen molar-refractivity contribution in [1.29, 1.82) is 0 Å². The van der Waals surface area contributed by atoms with E-state index in [0.717, 1.165) is 12.5 Å². The van der Waals surface area contributed by atoms with Gasteiger partial charge in [-0.3, -0.25) is 10.1 Å². The highest BCUT2D eigenvalue weighted by Gasteiger charge is 2.23. The number of rotatable bonds is 3. The monoisotopic (exact) mass is 291 g/mol. The van der Waals surface area contributed by atoms with Gasteiger partial charge >= 0.3 is 12.1 Å². The quantitative estimate of drug-likeness (QED) is 0.867. The van der Waals surface area contributed by atoms with Crippen LogP contribution in [0.2, 0.25) is 0 Å². The lowest BCUT2D eigenvalue weighted by Crippen LogP contribution is -2.39. The van der Waals surface area contributed by atoms with Crippen LogP contribution < -0.4 is 5.32 Å². The number of alkyl carbamates (subject to hydrolysis) is 1. The lowest BCUT2D eigenvalue weighted by Gasteiger charge is -2.10. The van der Waals surface area contributed by atoms with E-state index in [0.29, 0.717) is 5.58 Å². The zero-order valence-electron chi connectivity index (χ0n) is 11.4. The second-order valence-corrected chi connectivity index (χ2v) is 4.18. The molecule has 0 saturated heterocycles. The van der Waals surface area contributed by atoms with E-state index in [1.54, 1.807) is 24.3 Å². The van der Waals surface area contributed by atoms with Crippen molar-refractivity contribution < 1.29 is 28.3 Å². The molecule has 2 rings (SSSR count). The minimum Gasteiger partial charge on any atom is -0.453 e. The molecule has 0 spiro atoms. The van der Waals surface area contributed by atoms with Crippen molar-refractivity contribution >= 4 is 28.9 Å². The predicted octanol–water partition coefficient (Wildman–Crippen LogP) is 1.86. The number of fused-ring (bicyclic) bond motifs is 1. The van der Waals surface area contributed by atoms with Gasteiger partial charge in [-0.1, -0.05) is 18.2 Å². The molecule has 1 aromatic carbocycles. The molecule has 110 valence electrons. The highest BCUT2D eigenvalue weighted by Crippen LogP contribution is 2.19. The number of imide groups is 1. The molecule has 1 heterocycles. The van der Waals surface area contributed by atoms with Crippen molar-refractivity contribution in [3.63, 3.8) is 0 Å². The first-order valence-electron chi connectivity index (χ1n) is 6.09. The lowest BCUT2D eigenvalue weighted by molar-refractivity contribution is -0.128. The Balaban J connectivity index is 2.03. The summed E-state index contributed by atoms with van der Waals surface area (Å²) in [5, 5.41) is 2.65. The van der Waals surface area contributed by atoms with Gasteiger partial charge in [0, 0.05) is 5.39 Å². The van der Waals surface area contributed by atoms with E-state index in [-0.39, 0.29) is 5.76 Å². The third-order valence-electron chi connectivity index (χ3n) is 2.69. The van der Waals surface area contributed by atoms with Gasteiger partial charge in [0.25, 0.3) is 5.91 Å². The third-order valence-corrected chi connectivity index (χ3v) is 2.69. The van der Waals surface area contributed by atoms with Gasteiger partial charge in [0.2, 0.25) is 5.76 Å². The van der Waals surface area contributed by atoms with Crippen LogP contribution in [-0.4, -0.2) is 31.2 Å². The summed E-state index contributed by atoms with van der Waals surface area (Å²) >= 11 is 0. The molecule has 0 unspecified atom stereocenters. The first-order chi connectivity index (χ1) is 10.0. The number of ether oxygens (including phenoxy) is 2. The summed E-state index contributed by atoms with van der Waals surface area (Å²) < 4.78 is 14.5. The van der Waals surface area contributed by atoms with Crippen LogP contribution in [0.25, 0.3) is 11.0 Å². The van der Waals surface area contributed by atoms with Crippen LogP contribution in [0.15, 0.2) is 34.7 Å². The van der Waals surface area contributed by atoms with E-state index in [1.165, 1.54) is 13.0 Å². The summed E-state index contributed by atoms with van der Waals surface area (Å²) in [5.74, 6) is -1.60. The van der Waals surface area contributed by atoms with Crippen LogP contribution in [0.3, 0.4) is 0 Å². The minimum atomic E-state index is -1.16. The molecule has 7 heteroatoms. The number of furan rings is 1. The number of carbonyl (C=O) groups excluding carboxylic acids is 3. The van der Waals surface area contributed by atoms with Crippen LogP contribution in [0.5, 0.6) is 0 Å². The van der Waals surface area contributed by atoms with Crippen LogP contribution in [0, 0.1) is 0 Å². The molecule has 21 heavy (non-hydrogen) atoms. The average Bonchev–Trinajstić information content (AvgIpc) is 2.90. The van der Waals surface area contributed by atoms with Gasteiger partial charge < -0.3 is 13.9 Å². The number of hydrogen-bond donors (Lipinski definition) is 1. The second kappa shape index (κ2) is 6.08. The molecule has 0 aliphatic rings. The van der Waals surface area contributed by atoms with E-state index in [2.05, 4.69) is 4.74 Å². The molecule has 1 aromatic heterocycles. The van der Waals surface area contributed by atoms with Crippen LogP contribution in [-0.2, 0) is 14.3 Å². The molecule has 0 radical (unpaired) electrons. The van der Waals surface area contributed by atoms with Gasteiger partial charge in [-0.25, -0.2) is 9.59 Å². The molecule has 0 fully saturated rings. The van der Waals surface area contributed by atoms with Gasteiger partial charge in [0.1, 0.15) is 5.58 Å². The molecule has 0 saturated carbocycles. The Labute approximate surface area is 119 Å². The molecule has 2 amide bonds. The molecule has 7 nitrogen and oxygen atoms in total. The summed E-state index contributed by atoms with van der Waals surface area (Å²) in [6.07, 6.45) is -2.09. The molecular weight excluding hydrogens is 278 g/mol. The molecule has 0 aliphatic carbocycles. The van der Waals surface area contributed by atoms with Crippen molar-refractivity contribution in [1.82, 2.24) is 5.32 Å². The lowest BCUT2D eigenvalue weighted by atomic mass is 10.2. The Morgan fingerprint density at radius 2 is 1.95 bits per heavy atom. The van der Waals surface area contributed by atoms with E-state index in [4.69, 9.17) is 9.15 Å². The number of esters is 1. The highest BCUT2D eigenvalue weighted by molar-refractivity contribution is 5.97. The third kappa shape index (κ3) is 3.38. The predicted molar refractivity (Wildman–Crippen MR) is 71.6 cm³/mol. The fraction of sp³-hybridized carbons (Fsp3) is 0.214. The Morgan fingerprint density at radius 1 is 1.24 bits per heavy atom. The van der Waals surface area contributed by atoms with E-state index >= 15 is 0 Å². The van der Waals surface area contributed by atoms with Gasteiger partial charge in [0.05, 0.1) is 7.11 Å². The Morgan fingerprint density at radius 3 is 2.62 bits per heavy atom. The number of amides is 2. The zero-order chi connectivity index (χ0) is 15.4. The van der Waals surface area contributed by atoms with Gasteiger partial charge in [-0.15, -0.1) is 0 Å². The van der Waals surface area contributed by atoms with Crippen LogP contribution >= 0.6 is 0 Å². The smallest absolute Gasteiger partial charge is 0.413 e. The first kappa shape index (κ1) is 14.6. The number of benzene rings is 1. The SMILES string of the molecule is COC(=O)NC(=O)[C@H](C)OC(=O)c1cc2ccccc2o1. The largest absolute Gasteiger partial charge is 0.453 e. The molecule has 1 N–H and O–H groups in total. The molecule has 0 bridgehead atoms. The van der Waals surface area contributed by atoms with Crippen molar-refractivity contribution in [2.45, 2.75) is 13.0 Å². The molecular formula is C14H13NO6. The maximum absolute atomic E-state index is 11.9. The first-order valence-corrected chi connectivity index (χ1v) is 6.09. The van der Waals surface area contributed by atoms with Crippen molar-refractivity contribution in [3.05, 3.63) is 36.1 Å². The number of nitrogens with one attached hydrogen (secondary N) is 1. The Hall–Kier alpha value is -2.83.